The molecule has 0 spiro atoms. The summed E-state index contributed by atoms with van der Waals surface area (Å²) in [5.74, 6) is 0.110. The lowest BCUT2D eigenvalue weighted by Gasteiger charge is -2.02. The number of nitrogens with two attached hydrogens (primary N) is 1. The van der Waals surface area contributed by atoms with E-state index in [4.69, 9.17) is 5.73 Å². The highest BCUT2D eigenvalue weighted by Crippen LogP contribution is 2.05. The lowest BCUT2D eigenvalue weighted by molar-refractivity contribution is 0.654. The van der Waals surface area contributed by atoms with Gasteiger partial charge in [-0.25, -0.2) is 4.98 Å². The van der Waals surface area contributed by atoms with Gasteiger partial charge in [-0.2, -0.15) is 4.98 Å². The number of hydrogen-bond donors (Lipinski definition) is 3. The molecule has 0 unspecified atom stereocenters. The highest BCUT2D eigenvalue weighted by molar-refractivity contribution is 5.70. The third-order valence-electron chi connectivity index (χ3n) is 2.10. The van der Waals surface area contributed by atoms with Gasteiger partial charge in [0.05, 0.1) is 6.33 Å². The molecule has 2 aromatic heterocycles. The van der Waals surface area contributed by atoms with Gasteiger partial charge in [0, 0.05) is 13.1 Å². The summed E-state index contributed by atoms with van der Waals surface area (Å²) >= 11 is 0. The summed E-state index contributed by atoms with van der Waals surface area (Å²) < 4.78 is 1.79. The van der Waals surface area contributed by atoms with E-state index in [0.717, 1.165) is 6.54 Å². The van der Waals surface area contributed by atoms with Gasteiger partial charge in [-0.1, -0.05) is 0 Å². The smallest absolute Gasteiger partial charge is 0.280 e. The fourth-order valence-corrected chi connectivity index (χ4v) is 1.37. The van der Waals surface area contributed by atoms with E-state index >= 15 is 0 Å². The molecule has 0 aromatic carbocycles. The fourth-order valence-electron chi connectivity index (χ4n) is 1.37. The summed E-state index contributed by atoms with van der Waals surface area (Å²) in [4.78, 5) is 21.9. The zero-order valence-electron chi connectivity index (χ0n) is 8.32. The van der Waals surface area contributed by atoms with Crippen LogP contribution in [0.4, 0.5) is 5.95 Å². The predicted molar refractivity (Wildman–Crippen MR) is 56.5 cm³/mol. The number of aromatic amines is 1. The van der Waals surface area contributed by atoms with Crippen LogP contribution in [-0.4, -0.2) is 33.1 Å². The highest BCUT2D eigenvalue weighted by atomic mass is 16.1. The lowest BCUT2D eigenvalue weighted by atomic mass is 10.5. The molecule has 0 aliphatic heterocycles. The number of aromatic nitrogens is 4. The molecule has 2 rings (SSSR count). The monoisotopic (exact) mass is 208 g/mol. The number of rotatable bonds is 3. The first kappa shape index (κ1) is 9.66. The molecule has 0 saturated heterocycles. The second kappa shape index (κ2) is 3.70. The number of imidazole rings is 1. The van der Waals surface area contributed by atoms with Gasteiger partial charge < -0.3 is 15.6 Å². The van der Waals surface area contributed by atoms with Crippen molar-refractivity contribution in [3.63, 3.8) is 0 Å². The second-order valence-corrected chi connectivity index (χ2v) is 3.16. The van der Waals surface area contributed by atoms with Gasteiger partial charge >= 0.3 is 0 Å². The quantitative estimate of drug-likeness (QED) is 0.595. The summed E-state index contributed by atoms with van der Waals surface area (Å²) in [6.45, 7) is 1.47. The van der Waals surface area contributed by atoms with Gasteiger partial charge in [-0.3, -0.25) is 9.78 Å². The Bertz CT molecular complexity index is 527. The molecule has 0 radical (unpaired) electrons. The van der Waals surface area contributed by atoms with Crippen LogP contribution in [0.3, 0.4) is 0 Å². The molecule has 0 saturated carbocycles. The van der Waals surface area contributed by atoms with Crippen molar-refractivity contribution in [2.75, 3.05) is 19.3 Å². The molecule has 0 bridgehead atoms. The molecule has 0 amide bonds. The Balaban J connectivity index is 2.53. The van der Waals surface area contributed by atoms with Gasteiger partial charge in [0.15, 0.2) is 11.2 Å². The molecule has 7 heteroatoms. The minimum Gasteiger partial charge on any atom is -0.369 e. The Kier molecular flexibility index (Phi) is 2.38. The molecule has 0 atom stereocenters. The molecule has 7 nitrogen and oxygen atoms in total. The number of nitrogen functional groups attached to an aromatic ring is 1. The van der Waals surface area contributed by atoms with E-state index in [1.54, 1.807) is 10.9 Å². The van der Waals surface area contributed by atoms with Crippen molar-refractivity contribution in [3.8, 4) is 0 Å². The number of nitrogens with one attached hydrogen (secondary N) is 2. The van der Waals surface area contributed by atoms with Crippen molar-refractivity contribution in [1.82, 2.24) is 24.8 Å². The van der Waals surface area contributed by atoms with Crippen molar-refractivity contribution in [2.45, 2.75) is 6.54 Å². The molecular weight excluding hydrogens is 196 g/mol. The molecule has 0 aliphatic carbocycles. The Labute approximate surface area is 85.3 Å². The number of H-pyrrole nitrogens is 1. The van der Waals surface area contributed by atoms with Crippen LogP contribution in [0.1, 0.15) is 0 Å². The number of likely N-dealkylation sites (N-methyl/N-ethyl adjacent to an activating group) is 1. The Morgan fingerprint density at radius 2 is 2.47 bits per heavy atom. The van der Waals surface area contributed by atoms with Gasteiger partial charge in [-0.05, 0) is 7.05 Å². The standard InChI is InChI=1S/C8H12N6O/c1-10-2-3-14-4-11-5-6(14)12-8(9)13-7(5)15/h4,10H,2-3H2,1H3,(H3,9,12,13,15). The van der Waals surface area contributed by atoms with Gasteiger partial charge in [0.25, 0.3) is 5.56 Å². The summed E-state index contributed by atoms with van der Waals surface area (Å²) in [6.07, 6.45) is 1.59. The fraction of sp³-hybridized carbons (Fsp3) is 0.375. The number of fused-ring (bicyclic) bond motifs is 1. The number of anilines is 1. The van der Waals surface area contributed by atoms with Crippen LogP contribution in [0.25, 0.3) is 11.2 Å². The van der Waals surface area contributed by atoms with Crippen LogP contribution in [0.5, 0.6) is 0 Å². The van der Waals surface area contributed by atoms with Crippen molar-refractivity contribution in [1.29, 1.82) is 0 Å². The Morgan fingerprint density at radius 3 is 3.20 bits per heavy atom. The maximum Gasteiger partial charge on any atom is 0.280 e. The Hall–Kier alpha value is -1.89. The first-order valence-electron chi connectivity index (χ1n) is 4.57. The van der Waals surface area contributed by atoms with Crippen molar-refractivity contribution in [2.24, 2.45) is 0 Å². The average molecular weight is 208 g/mol. The lowest BCUT2D eigenvalue weighted by Crippen LogP contribution is -2.16. The number of hydrogen-bond acceptors (Lipinski definition) is 5. The van der Waals surface area contributed by atoms with Crippen molar-refractivity contribution in [3.05, 3.63) is 16.7 Å². The first-order chi connectivity index (χ1) is 7.22. The van der Waals surface area contributed by atoms with E-state index in [-0.39, 0.29) is 11.5 Å². The summed E-state index contributed by atoms with van der Waals surface area (Å²) in [5.41, 5.74) is 5.99. The summed E-state index contributed by atoms with van der Waals surface area (Å²) in [5, 5.41) is 3.01. The van der Waals surface area contributed by atoms with Gasteiger partial charge in [0.2, 0.25) is 5.95 Å². The van der Waals surface area contributed by atoms with E-state index in [9.17, 15) is 4.79 Å². The Morgan fingerprint density at radius 1 is 1.67 bits per heavy atom. The van der Waals surface area contributed by atoms with E-state index < -0.39 is 0 Å². The summed E-state index contributed by atoms with van der Waals surface area (Å²) in [7, 11) is 1.85. The molecule has 2 heterocycles. The topological polar surface area (TPSA) is 102 Å². The van der Waals surface area contributed by atoms with Gasteiger partial charge in [-0.15, -0.1) is 0 Å². The van der Waals surface area contributed by atoms with E-state index in [0.29, 0.717) is 17.7 Å². The zero-order valence-corrected chi connectivity index (χ0v) is 8.32. The van der Waals surface area contributed by atoms with E-state index in [1.165, 1.54) is 0 Å². The second-order valence-electron chi connectivity index (χ2n) is 3.16. The predicted octanol–water partition coefficient (Wildman–Crippen LogP) is -1.08. The first-order valence-corrected chi connectivity index (χ1v) is 4.57. The van der Waals surface area contributed by atoms with E-state index in [1.807, 2.05) is 7.05 Å². The molecule has 80 valence electrons. The molecule has 15 heavy (non-hydrogen) atoms. The SMILES string of the molecule is CNCCn1cnc2c(=O)[nH]c(N)nc21. The highest BCUT2D eigenvalue weighted by Gasteiger charge is 2.08. The third kappa shape index (κ3) is 1.68. The van der Waals surface area contributed by atoms with Crippen LogP contribution in [0.15, 0.2) is 11.1 Å². The van der Waals surface area contributed by atoms with E-state index in [2.05, 4.69) is 20.3 Å². The normalized spacial score (nSPS) is 11.0. The minimum absolute atomic E-state index is 0.110. The third-order valence-corrected chi connectivity index (χ3v) is 2.10. The zero-order chi connectivity index (χ0) is 10.8. The molecule has 4 N–H and O–H groups in total. The maximum absolute atomic E-state index is 11.4. The summed E-state index contributed by atoms with van der Waals surface area (Å²) in [6, 6.07) is 0. The molecule has 0 aliphatic rings. The minimum atomic E-state index is -0.305. The van der Waals surface area contributed by atoms with Crippen LogP contribution in [0.2, 0.25) is 0 Å². The van der Waals surface area contributed by atoms with Crippen molar-refractivity contribution >= 4 is 17.1 Å². The molecular formula is C8H12N6O. The largest absolute Gasteiger partial charge is 0.369 e. The van der Waals surface area contributed by atoms with Gasteiger partial charge in [0.1, 0.15) is 0 Å². The van der Waals surface area contributed by atoms with Crippen LogP contribution in [0, 0.1) is 0 Å². The van der Waals surface area contributed by atoms with Crippen LogP contribution >= 0.6 is 0 Å². The number of nitrogens with zero attached hydrogens (tertiary/aromatic N) is 3. The maximum atomic E-state index is 11.4. The van der Waals surface area contributed by atoms with Crippen LogP contribution in [-0.2, 0) is 6.54 Å². The average Bonchev–Trinajstić information content (AvgIpc) is 2.58. The molecule has 2 aromatic rings. The van der Waals surface area contributed by atoms with Crippen molar-refractivity contribution < 1.29 is 0 Å². The molecule has 0 fully saturated rings. The van der Waals surface area contributed by atoms with Crippen LogP contribution < -0.4 is 16.6 Å².